The van der Waals surface area contributed by atoms with E-state index in [2.05, 4.69) is 25.1 Å². The molecule has 98 valence electrons. The van der Waals surface area contributed by atoms with Crippen LogP contribution in [0.4, 0.5) is 0 Å². The molecule has 0 aliphatic rings. The molecule has 19 heavy (non-hydrogen) atoms. The first kappa shape index (κ1) is 13.3. The number of carbonyl (C=O) groups is 1. The molecule has 2 heteroatoms. The third kappa shape index (κ3) is 3.22. The number of ether oxygens (including phenoxy) is 1. The molecular formula is C17H18O2. The molecule has 0 fully saturated rings. The van der Waals surface area contributed by atoms with Gasteiger partial charge in [-0.2, -0.15) is 0 Å². The van der Waals surface area contributed by atoms with Gasteiger partial charge in [-0.15, -0.1) is 0 Å². The quantitative estimate of drug-likeness (QED) is 0.780. The van der Waals surface area contributed by atoms with E-state index in [1.807, 2.05) is 36.4 Å². The summed E-state index contributed by atoms with van der Waals surface area (Å²) in [4.78, 5) is 11.5. The summed E-state index contributed by atoms with van der Waals surface area (Å²) in [6, 6.07) is 18.3. The molecule has 0 saturated heterocycles. The fourth-order valence-corrected chi connectivity index (χ4v) is 2.27. The molecule has 0 N–H and O–H groups in total. The van der Waals surface area contributed by atoms with E-state index in [0.29, 0.717) is 6.42 Å². The molecule has 0 aliphatic carbocycles. The Balaban J connectivity index is 2.31. The average Bonchev–Trinajstić information content (AvgIpc) is 2.48. The standard InChI is InChI=1S/C17H18O2/c1-13(14-8-4-3-5-9-14)16-11-7-6-10-15(16)12-17(18)19-2/h3-11,13H,12H2,1-2H3/t13-/m1/s1. The molecule has 2 aromatic carbocycles. The highest BCUT2D eigenvalue weighted by Gasteiger charge is 2.14. The molecule has 0 spiro atoms. The maximum atomic E-state index is 11.5. The summed E-state index contributed by atoms with van der Waals surface area (Å²) >= 11 is 0. The number of carbonyl (C=O) groups excluding carboxylic acids is 1. The normalized spacial score (nSPS) is 11.9. The minimum atomic E-state index is -0.201. The van der Waals surface area contributed by atoms with Gasteiger partial charge < -0.3 is 4.74 Å². The second-order valence-electron chi connectivity index (χ2n) is 4.58. The van der Waals surface area contributed by atoms with E-state index in [4.69, 9.17) is 4.74 Å². The van der Waals surface area contributed by atoms with Crippen molar-refractivity contribution in [3.8, 4) is 0 Å². The molecule has 0 heterocycles. The van der Waals surface area contributed by atoms with Crippen molar-refractivity contribution in [1.82, 2.24) is 0 Å². The van der Waals surface area contributed by atoms with Gasteiger partial charge in [0, 0.05) is 5.92 Å². The third-order valence-corrected chi connectivity index (χ3v) is 3.38. The maximum Gasteiger partial charge on any atom is 0.309 e. The van der Waals surface area contributed by atoms with Gasteiger partial charge in [0.25, 0.3) is 0 Å². The monoisotopic (exact) mass is 254 g/mol. The molecule has 0 radical (unpaired) electrons. The van der Waals surface area contributed by atoms with Gasteiger partial charge in [-0.3, -0.25) is 4.79 Å². The summed E-state index contributed by atoms with van der Waals surface area (Å²) in [7, 11) is 1.42. The van der Waals surface area contributed by atoms with Crippen molar-refractivity contribution in [3.63, 3.8) is 0 Å². The van der Waals surface area contributed by atoms with Crippen LogP contribution >= 0.6 is 0 Å². The lowest BCUT2D eigenvalue weighted by Crippen LogP contribution is -2.08. The van der Waals surface area contributed by atoms with E-state index in [1.54, 1.807) is 0 Å². The van der Waals surface area contributed by atoms with E-state index in [-0.39, 0.29) is 11.9 Å². The molecule has 0 aliphatic heterocycles. The molecule has 0 amide bonds. The minimum Gasteiger partial charge on any atom is -0.469 e. The van der Waals surface area contributed by atoms with Crippen LogP contribution in [0.25, 0.3) is 0 Å². The van der Waals surface area contributed by atoms with Gasteiger partial charge in [0.15, 0.2) is 0 Å². The minimum absolute atomic E-state index is 0.201. The van der Waals surface area contributed by atoms with Crippen molar-refractivity contribution in [2.24, 2.45) is 0 Å². The smallest absolute Gasteiger partial charge is 0.309 e. The van der Waals surface area contributed by atoms with Crippen LogP contribution in [0.15, 0.2) is 54.6 Å². The van der Waals surface area contributed by atoms with Crippen LogP contribution in [-0.4, -0.2) is 13.1 Å². The zero-order valence-corrected chi connectivity index (χ0v) is 11.3. The highest BCUT2D eigenvalue weighted by molar-refractivity contribution is 5.73. The first-order chi connectivity index (χ1) is 9.22. The van der Waals surface area contributed by atoms with E-state index >= 15 is 0 Å². The van der Waals surface area contributed by atoms with Gasteiger partial charge in [-0.1, -0.05) is 61.5 Å². The first-order valence-electron chi connectivity index (χ1n) is 6.42. The zero-order chi connectivity index (χ0) is 13.7. The highest BCUT2D eigenvalue weighted by atomic mass is 16.5. The van der Waals surface area contributed by atoms with Crippen LogP contribution in [0.2, 0.25) is 0 Å². The number of methoxy groups -OCH3 is 1. The topological polar surface area (TPSA) is 26.3 Å². The number of benzene rings is 2. The van der Waals surface area contributed by atoms with Crippen LogP contribution in [0, 0.1) is 0 Å². The van der Waals surface area contributed by atoms with Gasteiger partial charge in [0.2, 0.25) is 0 Å². The summed E-state index contributed by atoms with van der Waals surface area (Å²) in [6.45, 7) is 2.16. The van der Waals surface area contributed by atoms with Gasteiger partial charge >= 0.3 is 5.97 Å². The Morgan fingerprint density at radius 2 is 1.68 bits per heavy atom. The molecule has 0 bridgehead atoms. The molecule has 0 aromatic heterocycles. The number of hydrogen-bond donors (Lipinski definition) is 0. The van der Waals surface area contributed by atoms with Gasteiger partial charge in [0.1, 0.15) is 0 Å². The Bertz CT molecular complexity index is 546. The Hall–Kier alpha value is -2.09. The van der Waals surface area contributed by atoms with Crippen LogP contribution in [0.1, 0.15) is 29.5 Å². The second kappa shape index (κ2) is 6.19. The van der Waals surface area contributed by atoms with Crippen LogP contribution in [-0.2, 0) is 16.0 Å². The molecule has 0 saturated carbocycles. The largest absolute Gasteiger partial charge is 0.469 e. The average molecular weight is 254 g/mol. The summed E-state index contributed by atoms with van der Waals surface area (Å²) < 4.78 is 4.76. The highest BCUT2D eigenvalue weighted by Crippen LogP contribution is 2.27. The van der Waals surface area contributed by atoms with E-state index in [0.717, 1.165) is 5.56 Å². The number of hydrogen-bond acceptors (Lipinski definition) is 2. The zero-order valence-electron chi connectivity index (χ0n) is 11.3. The van der Waals surface area contributed by atoms with Crippen molar-refractivity contribution in [3.05, 3.63) is 71.3 Å². The van der Waals surface area contributed by atoms with Crippen LogP contribution in [0.3, 0.4) is 0 Å². The number of esters is 1. The van der Waals surface area contributed by atoms with Crippen molar-refractivity contribution < 1.29 is 9.53 Å². The Morgan fingerprint density at radius 3 is 2.37 bits per heavy atom. The molecule has 2 nitrogen and oxygen atoms in total. The fourth-order valence-electron chi connectivity index (χ4n) is 2.27. The van der Waals surface area contributed by atoms with Crippen LogP contribution < -0.4 is 0 Å². The van der Waals surface area contributed by atoms with E-state index in [9.17, 15) is 4.79 Å². The Labute approximate surface area is 114 Å². The first-order valence-corrected chi connectivity index (χ1v) is 6.42. The summed E-state index contributed by atoms with van der Waals surface area (Å²) in [5, 5.41) is 0. The summed E-state index contributed by atoms with van der Waals surface area (Å²) in [5.74, 6) is 0.0646. The molecule has 2 rings (SSSR count). The maximum absolute atomic E-state index is 11.5. The van der Waals surface area contributed by atoms with Crippen molar-refractivity contribution in [2.75, 3.05) is 7.11 Å². The lowest BCUT2D eigenvalue weighted by atomic mass is 9.89. The fraction of sp³-hybridized carbons (Fsp3) is 0.235. The van der Waals surface area contributed by atoms with E-state index < -0.39 is 0 Å². The van der Waals surface area contributed by atoms with Crippen LogP contribution in [0.5, 0.6) is 0 Å². The molecule has 0 unspecified atom stereocenters. The van der Waals surface area contributed by atoms with E-state index in [1.165, 1.54) is 18.2 Å². The Morgan fingerprint density at radius 1 is 1.05 bits per heavy atom. The summed E-state index contributed by atoms with van der Waals surface area (Å²) in [6.07, 6.45) is 0.323. The second-order valence-corrected chi connectivity index (χ2v) is 4.58. The van der Waals surface area contributed by atoms with Crippen molar-refractivity contribution in [1.29, 1.82) is 0 Å². The van der Waals surface area contributed by atoms with Gasteiger partial charge in [-0.25, -0.2) is 0 Å². The lowest BCUT2D eigenvalue weighted by molar-refractivity contribution is -0.139. The SMILES string of the molecule is COC(=O)Cc1ccccc1[C@H](C)c1ccccc1. The van der Waals surface area contributed by atoms with Gasteiger partial charge in [0.05, 0.1) is 13.5 Å². The molecule has 1 atom stereocenters. The molecular weight excluding hydrogens is 236 g/mol. The number of rotatable bonds is 4. The van der Waals surface area contributed by atoms with Crippen molar-refractivity contribution in [2.45, 2.75) is 19.3 Å². The third-order valence-electron chi connectivity index (χ3n) is 3.38. The molecule has 2 aromatic rings. The van der Waals surface area contributed by atoms with Gasteiger partial charge in [-0.05, 0) is 16.7 Å². The van der Waals surface area contributed by atoms with Crippen molar-refractivity contribution >= 4 is 5.97 Å². The Kier molecular flexibility index (Phi) is 4.35. The predicted octanol–water partition coefficient (Wildman–Crippen LogP) is 3.55. The lowest BCUT2D eigenvalue weighted by Gasteiger charge is -2.16. The summed E-state index contributed by atoms with van der Waals surface area (Å²) in [5.41, 5.74) is 3.46. The predicted molar refractivity (Wildman–Crippen MR) is 76.1 cm³/mol.